The van der Waals surface area contributed by atoms with Crippen LogP contribution in [0.1, 0.15) is 52.7 Å². The molecule has 0 fully saturated rings. The molecular weight excluding hydrogens is 639 g/mol. The summed E-state index contributed by atoms with van der Waals surface area (Å²) < 4.78 is 2.54. The molecule has 0 atom stereocenters. The van der Waals surface area contributed by atoms with Gasteiger partial charge in [0.2, 0.25) is 0 Å². The summed E-state index contributed by atoms with van der Waals surface area (Å²) in [7, 11) is 0. The van der Waals surface area contributed by atoms with E-state index >= 15 is 0 Å². The predicted molar refractivity (Wildman–Crippen MR) is 230 cm³/mol. The normalized spacial score (nSPS) is 12.7. The van der Waals surface area contributed by atoms with Crippen LogP contribution < -0.4 is 0 Å². The van der Waals surface area contributed by atoms with Crippen LogP contribution in [-0.2, 0) is 10.8 Å². The molecule has 0 aliphatic rings. The Hall–Kier alpha value is -5.92. The number of hydrogen-bond acceptors (Lipinski definition) is 0. The zero-order chi connectivity index (χ0) is 36.2. The van der Waals surface area contributed by atoms with Crippen LogP contribution in [-0.4, -0.2) is 4.40 Å². The average Bonchev–Trinajstić information content (AvgIpc) is 3.65. The predicted octanol–water partition coefficient (Wildman–Crippen LogP) is 14.7. The van der Waals surface area contributed by atoms with Gasteiger partial charge < -0.3 is 4.40 Å². The van der Waals surface area contributed by atoms with Crippen LogP contribution in [0.2, 0.25) is 0 Å². The quantitative estimate of drug-likeness (QED) is 0.175. The molecule has 0 amide bonds. The van der Waals surface area contributed by atoms with Crippen molar-refractivity contribution in [2.75, 3.05) is 0 Å². The highest BCUT2D eigenvalue weighted by Gasteiger charge is 2.21. The van der Waals surface area contributed by atoms with Crippen molar-refractivity contribution in [2.45, 2.75) is 52.4 Å². The Balaban J connectivity index is 1.21. The molecule has 10 rings (SSSR count). The molecule has 1 nitrogen and oxygen atoms in total. The molecule has 2 heterocycles. The lowest BCUT2D eigenvalue weighted by atomic mass is 9.86. The van der Waals surface area contributed by atoms with Gasteiger partial charge in [-0.25, -0.2) is 0 Å². The zero-order valence-corrected chi connectivity index (χ0v) is 31.4. The summed E-state index contributed by atoms with van der Waals surface area (Å²) in [6, 6.07) is 57.5. The van der Waals surface area contributed by atoms with Gasteiger partial charge in [-0.2, -0.15) is 0 Å². The van der Waals surface area contributed by atoms with E-state index in [9.17, 15) is 0 Å². The molecule has 10 aromatic rings. The lowest BCUT2D eigenvalue weighted by Crippen LogP contribution is -2.10. The summed E-state index contributed by atoms with van der Waals surface area (Å²) in [6.07, 6.45) is 0. The molecule has 53 heavy (non-hydrogen) atoms. The Kier molecular flexibility index (Phi) is 6.77. The third-order valence-electron chi connectivity index (χ3n) is 11.6. The SMILES string of the molecule is CC(C)(C)c1ccc(-c2ccc3cc4c5cc(-c6ccccc6)cc6c7cc8ccc(-c9ccc(C(C)(C)C)cc9)cc8cc7n(c4cc3c2)c56)cc1. The first kappa shape index (κ1) is 31.8. The van der Waals surface area contributed by atoms with Gasteiger partial charge in [0.25, 0.3) is 0 Å². The lowest BCUT2D eigenvalue weighted by molar-refractivity contribution is 0.590. The van der Waals surface area contributed by atoms with Crippen LogP contribution in [0, 0.1) is 0 Å². The van der Waals surface area contributed by atoms with E-state index in [0.717, 1.165) is 0 Å². The second-order valence-corrected chi connectivity index (χ2v) is 17.1. The maximum atomic E-state index is 2.54. The molecule has 0 bridgehead atoms. The Labute approximate surface area is 311 Å². The van der Waals surface area contributed by atoms with Gasteiger partial charge in [0.15, 0.2) is 0 Å². The van der Waals surface area contributed by atoms with E-state index < -0.39 is 0 Å². The molecule has 0 unspecified atom stereocenters. The van der Waals surface area contributed by atoms with Crippen LogP contribution in [0.4, 0.5) is 0 Å². The largest absolute Gasteiger partial charge is 0.308 e. The van der Waals surface area contributed by atoms with Crippen LogP contribution in [0.5, 0.6) is 0 Å². The first-order valence-corrected chi connectivity index (χ1v) is 18.9. The molecular formula is C52H43N. The first-order chi connectivity index (χ1) is 25.5. The minimum atomic E-state index is 0.132. The molecule has 0 radical (unpaired) electrons. The molecule has 0 aliphatic heterocycles. The van der Waals surface area contributed by atoms with Crippen molar-refractivity contribution >= 4 is 59.6 Å². The lowest BCUT2D eigenvalue weighted by Gasteiger charge is -2.19. The van der Waals surface area contributed by atoms with Gasteiger partial charge in [0.1, 0.15) is 0 Å². The Morgan fingerprint density at radius 2 is 0.736 bits per heavy atom. The number of benzene rings is 8. The molecule has 256 valence electrons. The van der Waals surface area contributed by atoms with Crippen molar-refractivity contribution in [1.29, 1.82) is 0 Å². The number of nitrogens with zero attached hydrogens (tertiary/aromatic N) is 1. The van der Waals surface area contributed by atoms with Gasteiger partial charge in [-0.15, -0.1) is 0 Å². The number of hydrogen-bond donors (Lipinski definition) is 0. The smallest absolute Gasteiger partial charge is 0.0620 e. The molecule has 8 aromatic carbocycles. The minimum absolute atomic E-state index is 0.132. The monoisotopic (exact) mass is 681 g/mol. The van der Waals surface area contributed by atoms with Gasteiger partial charge in [0, 0.05) is 21.5 Å². The van der Waals surface area contributed by atoms with Crippen molar-refractivity contribution in [1.82, 2.24) is 4.40 Å². The van der Waals surface area contributed by atoms with E-state index in [1.54, 1.807) is 0 Å². The molecule has 0 saturated heterocycles. The fraction of sp³-hybridized carbons (Fsp3) is 0.154. The molecule has 0 aliphatic carbocycles. The fourth-order valence-corrected chi connectivity index (χ4v) is 8.51. The van der Waals surface area contributed by atoms with E-state index in [-0.39, 0.29) is 10.8 Å². The number of rotatable bonds is 3. The third kappa shape index (κ3) is 5.13. The van der Waals surface area contributed by atoms with Gasteiger partial charge in [0.05, 0.1) is 16.6 Å². The standard InChI is InChI=1S/C52H43N/c1-51(2,3)42-20-16-33(17-21-42)35-12-14-37-26-44-46-28-41(32-10-8-7-9-11-32)29-47-45-27-38-15-13-36(34-18-22-43(23-19-34)52(4,5)6)25-40(38)31-49(45)53(50(46)47)48(44)30-39(37)24-35/h7-31H,1-6H3. The van der Waals surface area contributed by atoms with Gasteiger partial charge in [-0.3, -0.25) is 0 Å². The van der Waals surface area contributed by atoms with Crippen LogP contribution >= 0.6 is 0 Å². The summed E-state index contributed by atoms with van der Waals surface area (Å²) in [5.74, 6) is 0. The van der Waals surface area contributed by atoms with Crippen LogP contribution in [0.3, 0.4) is 0 Å². The summed E-state index contributed by atoms with van der Waals surface area (Å²) in [5.41, 5.74) is 14.3. The molecule has 1 heteroatoms. The van der Waals surface area contributed by atoms with Crippen molar-refractivity contribution < 1.29 is 0 Å². The van der Waals surface area contributed by atoms with Crippen molar-refractivity contribution in [3.8, 4) is 33.4 Å². The first-order valence-electron chi connectivity index (χ1n) is 18.9. The highest BCUT2D eigenvalue weighted by atomic mass is 14.9. The van der Waals surface area contributed by atoms with Gasteiger partial charge in [-0.1, -0.05) is 145 Å². The van der Waals surface area contributed by atoms with Crippen molar-refractivity contribution in [2.24, 2.45) is 0 Å². The van der Waals surface area contributed by atoms with Gasteiger partial charge in [-0.05, 0) is 125 Å². The van der Waals surface area contributed by atoms with Crippen LogP contribution in [0.25, 0.3) is 93.0 Å². The minimum Gasteiger partial charge on any atom is -0.308 e. The van der Waals surface area contributed by atoms with E-state index in [2.05, 4.69) is 198 Å². The maximum absolute atomic E-state index is 2.54. The summed E-state index contributed by atoms with van der Waals surface area (Å²) in [5, 5.41) is 10.3. The van der Waals surface area contributed by atoms with Crippen molar-refractivity contribution in [3.05, 3.63) is 163 Å². The van der Waals surface area contributed by atoms with Gasteiger partial charge >= 0.3 is 0 Å². The average molecular weight is 682 g/mol. The maximum Gasteiger partial charge on any atom is 0.0620 e. The fourth-order valence-electron chi connectivity index (χ4n) is 8.51. The Morgan fingerprint density at radius 1 is 0.321 bits per heavy atom. The molecule has 0 saturated carbocycles. The zero-order valence-electron chi connectivity index (χ0n) is 31.4. The third-order valence-corrected chi connectivity index (χ3v) is 11.6. The second-order valence-electron chi connectivity index (χ2n) is 17.1. The summed E-state index contributed by atoms with van der Waals surface area (Å²) in [4.78, 5) is 0. The summed E-state index contributed by atoms with van der Waals surface area (Å²) >= 11 is 0. The van der Waals surface area contributed by atoms with E-state index in [0.29, 0.717) is 0 Å². The highest BCUT2D eigenvalue weighted by Crippen LogP contribution is 2.44. The topological polar surface area (TPSA) is 4.41 Å². The second kappa shape index (κ2) is 11.3. The number of fused-ring (bicyclic) bond motifs is 8. The van der Waals surface area contributed by atoms with E-state index in [1.165, 1.54) is 104 Å². The van der Waals surface area contributed by atoms with E-state index in [1.807, 2.05) is 0 Å². The van der Waals surface area contributed by atoms with E-state index in [4.69, 9.17) is 0 Å². The highest BCUT2D eigenvalue weighted by molar-refractivity contribution is 6.27. The number of aromatic nitrogens is 1. The summed E-state index contributed by atoms with van der Waals surface area (Å²) in [6.45, 7) is 13.6. The van der Waals surface area contributed by atoms with Crippen molar-refractivity contribution in [3.63, 3.8) is 0 Å². The Bertz CT molecular complexity index is 2830. The van der Waals surface area contributed by atoms with Crippen LogP contribution in [0.15, 0.2) is 152 Å². The Morgan fingerprint density at radius 3 is 1.17 bits per heavy atom. The molecule has 0 N–H and O–H groups in total. The molecule has 2 aromatic heterocycles. The molecule has 0 spiro atoms.